The summed E-state index contributed by atoms with van der Waals surface area (Å²) in [5.41, 5.74) is 2.56. The molecule has 0 saturated heterocycles. The number of pyridine rings is 1. The van der Waals surface area contributed by atoms with Gasteiger partial charge in [0, 0.05) is 13.2 Å². The van der Waals surface area contributed by atoms with Crippen LogP contribution in [0.3, 0.4) is 0 Å². The zero-order chi connectivity index (χ0) is 15.2. The van der Waals surface area contributed by atoms with Gasteiger partial charge in [0.05, 0.1) is 15.5 Å². The third kappa shape index (κ3) is 2.26. The van der Waals surface area contributed by atoms with Gasteiger partial charge in [0.2, 0.25) is 0 Å². The van der Waals surface area contributed by atoms with Crippen LogP contribution in [0.2, 0.25) is 0 Å². The van der Waals surface area contributed by atoms with Crippen molar-refractivity contribution in [2.45, 2.75) is 18.7 Å². The summed E-state index contributed by atoms with van der Waals surface area (Å²) in [6.07, 6.45) is 1.78. The average molecular weight is 321 g/mol. The number of nitrogens with zero attached hydrogens (tertiary/aromatic N) is 3. The van der Waals surface area contributed by atoms with E-state index in [1.165, 1.54) is 11.3 Å². The summed E-state index contributed by atoms with van der Waals surface area (Å²) in [7, 11) is -1.40. The highest BCUT2D eigenvalue weighted by Gasteiger charge is 2.22. The van der Waals surface area contributed by atoms with Gasteiger partial charge in [0.1, 0.15) is 5.52 Å². The molecular formula is C14H15N3O2S2. The summed E-state index contributed by atoms with van der Waals surface area (Å²) in [4.78, 5) is 9.98. The van der Waals surface area contributed by atoms with E-state index in [-0.39, 0.29) is 5.75 Å². The van der Waals surface area contributed by atoms with Gasteiger partial charge in [-0.05, 0) is 30.0 Å². The molecule has 7 heteroatoms. The number of imidazole rings is 1. The van der Waals surface area contributed by atoms with Gasteiger partial charge in [-0.1, -0.05) is 6.92 Å². The van der Waals surface area contributed by atoms with E-state index < -0.39 is 9.84 Å². The van der Waals surface area contributed by atoms with Crippen LogP contribution in [0.5, 0.6) is 0 Å². The van der Waals surface area contributed by atoms with Crippen LogP contribution in [-0.4, -0.2) is 28.7 Å². The molecule has 0 fully saturated rings. The molecule has 0 aliphatic rings. The number of aromatic nitrogens is 3. The van der Waals surface area contributed by atoms with Crippen molar-refractivity contribution in [3.63, 3.8) is 0 Å². The van der Waals surface area contributed by atoms with Crippen molar-refractivity contribution < 1.29 is 8.42 Å². The lowest BCUT2D eigenvalue weighted by Crippen LogP contribution is -2.04. The first-order valence-corrected chi connectivity index (χ1v) is 9.07. The van der Waals surface area contributed by atoms with Crippen LogP contribution >= 0.6 is 11.3 Å². The number of hydrogen-bond donors (Lipinski definition) is 0. The lowest BCUT2D eigenvalue weighted by Gasteiger charge is -2.04. The van der Waals surface area contributed by atoms with Crippen LogP contribution in [0.1, 0.15) is 12.5 Å². The van der Waals surface area contributed by atoms with Crippen LogP contribution < -0.4 is 0 Å². The van der Waals surface area contributed by atoms with Crippen molar-refractivity contribution in [3.05, 3.63) is 29.3 Å². The summed E-state index contributed by atoms with van der Waals surface area (Å²) in [5.74, 6) is 0.725. The molecule has 0 aliphatic carbocycles. The second-order valence-corrected chi connectivity index (χ2v) is 8.03. The first kappa shape index (κ1) is 14.2. The van der Waals surface area contributed by atoms with Crippen molar-refractivity contribution in [2.75, 3.05) is 5.75 Å². The first-order chi connectivity index (χ1) is 9.94. The zero-order valence-electron chi connectivity index (χ0n) is 12.0. The third-order valence-electron chi connectivity index (χ3n) is 3.39. The fourth-order valence-electron chi connectivity index (χ4n) is 2.24. The monoisotopic (exact) mass is 321 g/mol. The highest BCUT2D eigenvalue weighted by Crippen LogP contribution is 2.34. The van der Waals surface area contributed by atoms with Gasteiger partial charge in [0.15, 0.2) is 21.3 Å². The van der Waals surface area contributed by atoms with Crippen molar-refractivity contribution in [2.24, 2.45) is 7.05 Å². The number of hydrogen-bond acceptors (Lipinski definition) is 5. The predicted molar refractivity (Wildman–Crippen MR) is 84.3 cm³/mol. The van der Waals surface area contributed by atoms with Crippen molar-refractivity contribution in [1.82, 2.24) is 14.5 Å². The number of sulfone groups is 1. The normalized spacial score (nSPS) is 12.1. The Morgan fingerprint density at radius 3 is 2.86 bits per heavy atom. The molecule has 21 heavy (non-hydrogen) atoms. The van der Waals surface area contributed by atoms with E-state index in [4.69, 9.17) is 0 Å². The van der Waals surface area contributed by atoms with Crippen LogP contribution in [0.25, 0.3) is 21.9 Å². The quantitative estimate of drug-likeness (QED) is 0.744. The molecule has 3 aromatic heterocycles. The molecule has 110 valence electrons. The zero-order valence-corrected chi connectivity index (χ0v) is 13.6. The molecule has 0 amide bonds. The van der Waals surface area contributed by atoms with Gasteiger partial charge in [0.25, 0.3) is 0 Å². The lowest BCUT2D eigenvalue weighted by molar-refractivity contribution is 0.598. The molecule has 0 atom stereocenters. The Hall–Kier alpha value is -1.73. The number of aryl methyl sites for hydroxylation is 2. The van der Waals surface area contributed by atoms with Gasteiger partial charge in [-0.2, -0.15) is 0 Å². The summed E-state index contributed by atoms with van der Waals surface area (Å²) in [5, 5.41) is 1.79. The van der Waals surface area contributed by atoms with E-state index in [0.717, 1.165) is 16.7 Å². The van der Waals surface area contributed by atoms with Crippen LogP contribution in [0, 0.1) is 6.92 Å². The van der Waals surface area contributed by atoms with Crippen molar-refractivity contribution in [1.29, 1.82) is 0 Å². The Balaban J connectivity index is 2.27. The van der Waals surface area contributed by atoms with Gasteiger partial charge in [-0.15, -0.1) is 11.3 Å². The van der Waals surface area contributed by atoms with E-state index in [1.807, 2.05) is 24.6 Å². The topological polar surface area (TPSA) is 64.8 Å². The predicted octanol–water partition coefficient (Wildman–Crippen LogP) is 2.80. The SMILES string of the molecule is CCS(=O)(=O)c1ccsc1-c1nc2cc(C)cnc2n1C. The molecule has 0 radical (unpaired) electrons. The van der Waals surface area contributed by atoms with Gasteiger partial charge >= 0.3 is 0 Å². The highest BCUT2D eigenvalue weighted by atomic mass is 32.2. The number of rotatable bonds is 3. The van der Waals surface area contributed by atoms with Crippen LogP contribution in [0.4, 0.5) is 0 Å². The maximum Gasteiger partial charge on any atom is 0.179 e. The minimum Gasteiger partial charge on any atom is -0.311 e. The number of thiophene rings is 1. The molecular weight excluding hydrogens is 306 g/mol. The smallest absolute Gasteiger partial charge is 0.179 e. The molecule has 0 bridgehead atoms. The van der Waals surface area contributed by atoms with Crippen LogP contribution in [0.15, 0.2) is 28.6 Å². The van der Waals surface area contributed by atoms with E-state index in [9.17, 15) is 8.42 Å². The first-order valence-electron chi connectivity index (χ1n) is 6.53. The molecule has 5 nitrogen and oxygen atoms in total. The molecule has 0 saturated carbocycles. The largest absolute Gasteiger partial charge is 0.311 e. The third-order valence-corrected chi connectivity index (χ3v) is 6.20. The van der Waals surface area contributed by atoms with Gasteiger partial charge in [-0.25, -0.2) is 18.4 Å². The van der Waals surface area contributed by atoms with Crippen molar-refractivity contribution >= 4 is 32.3 Å². The number of fused-ring (bicyclic) bond motifs is 1. The summed E-state index contributed by atoms with van der Waals surface area (Å²) >= 11 is 1.39. The van der Waals surface area contributed by atoms with Gasteiger partial charge in [-0.3, -0.25) is 0 Å². The fraction of sp³-hybridized carbons (Fsp3) is 0.286. The lowest BCUT2D eigenvalue weighted by atomic mass is 10.3. The fourth-order valence-corrected chi connectivity index (χ4v) is 4.62. The average Bonchev–Trinajstić information content (AvgIpc) is 3.04. The van der Waals surface area contributed by atoms with Gasteiger partial charge < -0.3 is 4.57 Å². The molecule has 3 aromatic rings. The summed E-state index contributed by atoms with van der Waals surface area (Å²) < 4.78 is 26.2. The standard InChI is InChI=1S/C14H15N3O2S2/c1-4-21(18,19)11-5-6-20-12(11)14-16-10-7-9(2)8-15-13(10)17(14)3/h5-8H,4H2,1-3H3. The Morgan fingerprint density at radius 1 is 1.38 bits per heavy atom. The molecule has 3 heterocycles. The Bertz CT molecular complexity index is 923. The van der Waals surface area contributed by atoms with E-state index >= 15 is 0 Å². The van der Waals surface area contributed by atoms with E-state index in [0.29, 0.717) is 15.6 Å². The summed E-state index contributed by atoms with van der Waals surface area (Å²) in [6.45, 7) is 3.61. The minimum absolute atomic E-state index is 0.0814. The maximum absolute atomic E-state index is 12.2. The summed E-state index contributed by atoms with van der Waals surface area (Å²) in [6, 6.07) is 3.60. The molecule has 0 aromatic carbocycles. The second-order valence-electron chi connectivity index (χ2n) is 4.87. The second kappa shape index (κ2) is 4.92. The highest BCUT2D eigenvalue weighted by molar-refractivity contribution is 7.91. The molecule has 3 rings (SSSR count). The molecule has 0 spiro atoms. The minimum atomic E-state index is -3.26. The Kier molecular flexibility index (Phi) is 3.33. The van der Waals surface area contributed by atoms with E-state index in [1.54, 1.807) is 24.6 Å². The molecule has 0 aliphatic heterocycles. The molecule has 0 unspecified atom stereocenters. The van der Waals surface area contributed by atoms with E-state index in [2.05, 4.69) is 9.97 Å². The Labute approximate surface area is 127 Å². The van der Waals surface area contributed by atoms with Crippen LogP contribution in [-0.2, 0) is 16.9 Å². The van der Waals surface area contributed by atoms with Crippen molar-refractivity contribution in [3.8, 4) is 10.7 Å². The molecule has 0 N–H and O–H groups in total. The maximum atomic E-state index is 12.2. The Morgan fingerprint density at radius 2 is 2.14 bits per heavy atom.